The predicted octanol–water partition coefficient (Wildman–Crippen LogP) is 5.09. The third-order valence-corrected chi connectivity index (χ3v) is 6.61. The summed E-state index contributed by atoms with van der Waals surface area (Å²) < 4.78 is 5.71. The first-order valence-electron chi connectivity index (χ1n) is 11.5. The summed E-state index contributed by atoms with van der Waals surface area (Å²) in [5.41, 5.74) is 3.26. The molecule has 154 valence electrons. The highest BCUT2D eigenvalue weighted by atomic mass is 16.5. The molecule has 0 bridgehead atoms. The van der Waals surface area contributed by atoms with Crippen molar-refractivity contribution in [3.05, 3.63) is 11.8 Å². The second kappa shape index (κ2) is 9.62. The lowest BCUT2D eigenvalue weighted by Gasteiger charge is -2.32. The van der Waals surface area contributed by atoms with E-state index in [1.165, 1.54) is 75.5 Å². The summed E-state index contributed by atoms with van der Waals surface area (Å²) in [6.45, 7) is 2.81. The molecule has 1 amide bonds. The van der Waals surface area contributed by atoms with Gasteiger partial charge in [-0.3, -0.25) is 4.79 Å². The van der Waals surface area contributed by atoms with Gasteiger partial charge in [0.05, 0.1) is 24.2 Å². The van der Waals surface area contributed by atoms with Gasteiger partial charge in [0, 0.05) is 31.0 Å². The molecule has 0 radical (unpaired) electrons. The number of aromatic nitrogens is 1. The molecule has 0 atom stereocenters. The number of ether oxygens (including phenoxy) is 1. The number of nitrogens with one attached hydrogen (secondary N) is 1. The fourth-order valence-corrected chi connectivity index (χ4v) is 5.00. The number of carbonyl (C=O) groups is 1. The second-order valence-electron chi connectivity index (χ2n) is 8.69. The third kappa shape index (κ3) is 4.61. The lowest BCUT2D eigenvalue weighted by Crippen LogP contribution is -2.32. The number of piperidine rings is 1. The van der Waals surface area contributed by atoms with Crippen molar-refractivity contribution in [2.75, 3.05) is 29.9 Å². The number of pyridine rings is 1. The summed E-state index contributed by atoms with van der Waals surface area (Å²) in [5.74, 6) is 1.09. The Hall–Kier alpha value is -1.78. The maximum Gasteiger partial charge on any atom is 0.227 e. The molecule has 5 heteroatoms. The quantitative estimate of drug-likeness (QED) is 0.788. The van der Waals surface area contributed by atoms with Crippen LogP contribution in [0, 0.1) is 5.92 Å². The number of amides is 1. The molecule has 0 spiro atoms. The number of nitrogens with zero attached hydrogens (tertiary/aromatic N) is 2. The van der Waals surface area contributed by atoms with Crippen molar-refractivity contribution < 1.29 is 9.53 Å². The Balaban J connectivity index is 1.52. The smallest absolute Gasteiger partial charge is 0.227 e. The zero-order valence-corrected chi connectivity index (χ0v) is 17.2. The number of anilines is 2. The van der Waals surface area contributed by atoms with Crippen LogP contribution in [-0.2, 0) is 11.2 Å². The average molecular weight is 386 g/mol. The van der Waals surface area contributed by atoms with Crippen molar-refractivity contribution in [1.82, 2.24) is 4.98 Å². The van der Waals surface area contributed by atoms with Crippen LogP contribution in [0.2, 0.25) is 0 Å². The monoisotopic (exact) mass is 385 g/mol. The molecule has 1 N–H and O–H groups in total. The van der Waals surface area contributed by atoms with Gasteiger partial charge in [0.1, 0.15) is 0 Å². The Morgan fingerprint density at radius 1 is 0.964 bits per heavy atom. The van der Waals surface area contributed by atoms with Crippen molar-refractivity contribution in [3.63, 3.8) is 0 Å². The van der Waals surface area contributed by atoms with Gasteiger partial charge >= 0.3 is 0 Å². The third-order valence-electron chi connectivity index (χ3n) is 6.61. The van der Waals surface area contributed by atoms with Gasteiger partial charge in [-0.15, -0.1) is 0 Å². The highest BCUT2D eigenvalue weighted by Gasteiger charge is 2.27. The minimum Gasteiger partial charge on any atom is -0.477 e. The van der Waals surface area contributed by atoms with Gasteiger partial charge in [-0.1, -0.05) is 44.9 Å². The Morgan fingerprint density at radius 2 is 1.61 bits per heavy atom. The van der Waals surface area contributed by atoms with E-state index in [9.17, 15) is 4.79 Å². The number of hydrogen-bond acceptors (Lipinski definition) is 4. The van der Waals surface area contributed by atoms with E-state index in [2.05, 4.69) is 15.2 Å². The first kappa shape index (κ1) is 19.5. The minimum absolute atomic E-state index is 0.136. The molecule has 1 saturated heterocycles. The molecule has 2 aliphatic heterocycles. The molecule has 2 fully saturated rings. The SMILES string of the molecule is O=C(Nc1cnc2c(c1N1CCCCC1)CCO2)C1CCCCCCCCC1. The Morgan fingerprint density at radius 3 is 2.32 bits per heavy atom. The Labute approximate surface area is 169 Å². The molecule has 1 aromatic heterocycles. The molecule has 28 heavy (non-hydrogen) atoms. The fraction of sp³-hybridized carbons (Fsp3) is 0.739. The minimum atomic E-state index is 0.136. The van der Waals surface area contributed by atoms with Crippen LogP contribution in [0.25, 0.3) is 0 Å². The number of fused-ring (bicyclic) bond motifs is 1. The van der Waals surface area contributed by atoms with Crippen LogP contribution in [0.3, 0.4) is 0 Å². The van der Waals surface area contributed by atoms with E-state index in [1.807, 2.05) is 6.20 Å². The van der Waals surface area contributed by atoms with Crippen LogP contribution in [0.1, 0.15) is 82.6 Å². The highest BCUT2D eigenvalue weighted by molar-refractivity contribution is 5.96. The van der Waals surface area contributed by atoms with E-state index in [0.29, 0.717) is 6.61 Å². The van der Waals surface area contributed by atoms with E-state index < -0.39 is 0 Å². The summed E-state index contributed by atoms with van der Waals surface area (Å²) in [7, 11) is 0. The molecule has 3 aliphatic rings. The van der Waals surface area contributed by atoms with Crippen molar-refractivity contribution >= 4 is 17.3 Å². The first-order valence-corrected chi connectivity index (χ1v) is 11.5. The van der Waals surface area contributed by atoms with Gasteiger partial charge in [0.2, 0.25) is 11.8 Å². The van der Waals surface area contributed by atoms with Crippen molar-refractivity contribution in [3.8, 4) is 5.88 Å². The van der Waals surface area contributed by atoms with Crippen LogP contribution in [0.15, 0.2) is 6.20 Å². The van der Waals surface area contributed by atoms with Crippen LogP contribution in [-0.4, -0.2) is 30.6 Å². The zero-order valence-electron chi connectivity index (χ0n) is 17.2. The molecule has 0 unspecified atom stereocenters. The largest absolute Gasteiger partial charge is 0.477 e. The van der Waals surface area contributed by atoms with Gasteiger partial charge in [0.25, 0.3) is 0 Å². The molecule has 1 aromatic rings. The molecule has 1 aliphatic carbocycles. The lowest BCUT2D eigenvalue weighted by atomic mass is 9.91. The van der Waals surface area contributed by atoms with Gasteiger partial charge in [-0.05, 0) is 32.1 Å². The number of hydrogen-bond donors (Lipinski definition) is 1. The molecule has 5 nitrogen and oxygen atoms in total. The van der Waals surface area contributed by atoms with E-state index in [-0.39, 0.29) is 11.8 Å². The van der Waals surface area contributed by atoms with Crippen molar-refractivity contribution in [2.24, 2.45) is 5.92 Å². The average Bonchev–Trinajstić information content (AvgIpc) is 3.21. The molecule has 3 heterocycles. The molecular weight excluding hydrogens is 350 g/mol. The molecule has 0 aromatic carbocycles. The maximum atomic E-state index is 13.2. The van der Waals surface area contributed by atoms with E-state index >= 15 is 0 Å². The van der Waals surface area contributed by atoms with Gasteiger partial charge in [-0.25, -0.2) is 4.98 Å². The number of carbonyl (C=O) groups excluding carboxylic acids is 1. The van der Waals surface area contributed by atoms with Crippen LogP contribution in [0.5, 0.6) is 5.88 Å². The van der Waals surface area contributed by atoms with E-state index in [0.717, 1.165) is 43.9 Å². The zero-order chi connectivity index (χ0) is 19.2. The summed E-state index contributed by atoms with van der Waals surface area (Å²) in [5, 5.41) is 3.29. The summed E-state index contributed by atoms with van der Waals surface area (Å²) >= 11 is 0. The van der Waals surface area contributed by atoms with Crippen molar-refractivity contribution in [2.45, 2.75) is 83.5 Å². The van der Waals surface area contributed by atoms with E-state index in [1.54, 1.807) is 0 Å². The standard InChI is InChI=1S/C23H35N3O2/c27-22(18-11-7-4-2-1-3-5-8-12-18)25-20-17-24-23-19(13-16-28-23)21(20)26-14-9-6-10-15-26/h17-18H,1-16H2,(H,25,27). The summed E-state index contributed by atoms with van der Waals surface area (Å²) in [6, 6.07) is 0. The van der Waals surface area contributed by atoms with Gasteiger partial charge in [-0.2, -0.15) is 0 Å². The van der Waals surface area contributed by atoms with Gasteiger partial charge in [0.15, 0.2) is 0 Å². The lowest BCUT2D eigenvalue weighted by molar-refractivity contribution is -0.120. The second-order valence-corrected chi connectivity index (χ2v) is 8.69. The fourth-order valence-electron chi connectivity index (χ4n) is 5.00. The first-order chi connectivity index (χ1) is 13.8. The Bertz CT molecular complexity index is 660. The van der Waals surface area contributed by atoms with Crippen LogP contribution >= 0.6 is 0 Å². The number of rotatable bonds is 3. The normalized spacial score (nSPS) is 21.6. The Kier molecular flexibility index (Phi) is 6.71. The highest BCUT2D eigenvalue weighted by Crippen LogP contribution is 2.39. The molecule has 1 saturated carbocycles. The van der Waals surface area contributed by atoms with E-state index in [4.69, 9.17) is 4.74 Å². The van der Waals surface area contributed by atoms with Crippen LogP contribution < -0.4 is 15.0 Å². The molecular formula is C23H35N3O2. The maximum absolute atomic E-state index is 13.2. The summed E-state index contributed by atoms with van der Waals surface area (Å²) in [4.78, 5) is 20.1. The van der Waals surface area contributed by atoms with Crippen LogP contribution in [0.4, 0.5) is 11.4 Å². The summed E-state index contributed by atoms with van der Waals surface area (Å²) in [6.07, 6.45) is 17.4. The predicted molar refractivity (Wildman–Crippen MR) is 113 cm³/mol. The van der Waals surface area contributed by atoms with Gasteiger partial charge < -0.3 is 15.0 Å². The van der Waals surface area contributed by atoms with Crippen molar-refractivity contribution in [1.29, 1.82) is 0 Å². The molecule has 4 rings (SSSR count). The topological polar surface area (TPSA) is 54.5 Å².